The predicted molar refractivity (Wildman–Crippen MR) is 151 cm³/mol. The van der Waals surface area contributed by atoms with Gasteiger partial charge in [0.1, 0.15) is 17.5 Å². The average Bonchev–Trinajstić information content (AvgIpc) is 3.33. The molecule has 41 heavy (non-hydrogen) atoms. The first kappa shape index (κ1) is 29.8. The molecule has 1 amide bonds. The molecular weight excluding hydrogens is 553 g/mol. The number of nitrogens with one attached hydrogen (secondary N) is 2. The zero-order valence-corrected chi connectivity index (χ0v) is 23.7. The van der Waals surface area contributed by atoms with E-state index in [1.807, 2.05) is 0 Å². The lowest BCUT2D eigenvalue weighted by Crippen LogP contribution is -2.57. The van der Waals surface area contributed by atoms with Crippen LogP contribution in [0.15, 0.2) is 54.6 Å². The normalized spacial score (nSPS) is 28.8. The maximum Gasteiger partial charge on any atom is 0.238 e. The Morgan fingerprint density at radius 1 is 1.02 bits per heavy atom. The number of piperazine rings is 1. The minimum absolute atomic E-state index is 0.0607. The Morgan fingerprint density at radius 2 is 1.73 bits per heavy atom. The Kier molecular flexibility index (Phi) is 8.89. The number of carbonyl (C=O) groups is 1. The van der Waals surface area contributed by atoms with Gasteiger partial charge in [0.15, 0.2) is 0 Å². The van der Waals surface area contributed by atoms with Crippen LogP contribution in [0.4, 0.5) is 13.2 Å². The minimum atomic E-state index is -3.34. The summed E-state index contributed by atoms with van der Waals surface area (Å²) in [6.45, 7) is 5.34. The molecular formula is C30H37F3N4O3S. The molecule has 2 heterocycles. The first-order valence-corrected chi connectivity index (χ1v) is 15.8. The van der Waals surface area contributed by atoms with E-state index in [2.05, 4.69) is 17.2 Å². The summed E-state index contributed by atoms with van der Waals surface area (Å²) in [4.78, 5) is 13.5. The number of rotatable bonds is 8. The first-order valence-electron chi connectivity index (χ1n) is 14.2. The van der Waals surface area contributed by atoms with Gasteiger partial charge >= 0.3 is 0 Å². The van der Waals surface area contributed by atoms with E-state index >= 15 is 0 Å². The number of fused-ring (bicyclic) bond motifs is 2. The Morgan fingerprint density at radius 3 is 2.44 bits per heavy atom. The quantitative estimate of drug-likeness (QED) is 0.408. The predicted octanol–water partition coefficient (Wildman–Crippen LogP) is 3.56. The molecule has 1 saturated carbocycles. The van der Waals surface area contributed by atoms with E-state index in [1.165, 1.54) is 24.3 Å². The van der Waals surface area contributed by atoms with Crippen molar-refractivity contribution in [2.45, 2.75) is 68.6 Å². The molecule has 2 saturated heterocycles. The van der Waals surface area contributed by atoms with Crippen molar-refractivity contribution >= 4 is 15.9 Å². The van der Waals surface area contributed by atoms with Crippen LogP contribution in [0.1, 0.15) is 55.6 Å². The van der Waals surface area contributed by atoms with Gasteiger partial charge in [0, 0.05) is 43.2 Å². The van der Waals surface area contributed by atoms with E-state index in [0.29, 0.717) is 37.9 Å². The van der Waals surface area contributed by atoms with Crippen LogP contribution >= 0.6 is 0 Å². The maximum absolute atomic E-state index is 14.1. The number of benzene rings is 2. The van der Waals surface area contributed by atoms with Gasteiger partial charge in [0.25, 0.3) is 0 Å². The molecule has 0 spiro atoms. The summed E-state index contributed by atoms with van der Waals surface area (Å²) >= 11 is 0. The molecule has 2 bridgehead atoms. The fourth-order valence-electron chi connectivity index (χ4n) is 6.71. The molecule has 2 unspecified atom stereocenters. The molecule has 2 aromatic rings. The minimum Gasteiger partial charge on any atom is -0.351 e. The zero-order chi connectivity index (χ0) is 29.3. The monoisotopic (exact) mass is 590 g/mol. The second-order valence-electron chi connectivity index (χ2n) is 11.6. The third-order valence-corrected chi connectivity index (χ3v) is 10.7. The Balaban J connectivity index is 1.31. The summed E-state index contributed by atoms with van der Waals surface area (Å²) in [6, 6.07) is 6.80. The van der Waals surface area contributed by atoms with Gasteiger partial charge in [0.05, 0.1) is 11.8 Å². The third kappa shape index (κ3) is 6.69. The number of nitrogens with two attached hydrogens (primary N) is 1. The molecule has 3 aliphatic rings. The van der Waals surface area contributed by atoms with Gasteiger partial charge in [-0.1, -0.05) is 30.7 Å². The van der Waals surface area contributed by atoms with Crippen molar-refractivity contribution in [3.05, 3.63) is 83.2 Å². The van der Waals surface area contributed by atoms with Gasteiger partial charge in [-0.3, -0.25) is 4.79 Å². The molecule has 0 radical (unpaired) electrons. The molecule has 3 fully saturated rings. The van der Waals surface area contributed by atoms with Gasteiger partial charge in [-0.2, -0.15) is 4.31 Å². The van der Waals surface area contributed by atoms with Crippen molar-refractivity contribution in [1.29, 1.82) is 0 Å². The van der Waals surface area contributed by atoms with Crippen LogP contribution in [0.2, 0.25) is 0 Å². The van der Waals surface area contributed by atoms with E-state index in [1.54, 1.807) is 4.31 Å². The molecule has 0 aromatic heterocycles. The van der Waals surface area contributed by atoms with Crippen molar-refractivity contribution in [1.82, 2.24) is 14.9 Å². The fraction of sp³-hybridized carbons (Fsp3) is 0.500. The van der Waals surface area contributed by atoms with Crippen LogP contribution in [-0.4, -0.2) is 61.6 Å². The average molecular weight is 591 g/mol. The standard InChI is InChI=1S/C30H37F3N4O3S/c1-18(12-25-16-35-24-4-3-11-41(39,40)37(25)17-24)26-5-2-6-27(26)36-30(38)29(34)28(19-7-9-21(31)10-8-19)20-13-22(32)15-23(33)14-20/h7-10,13-15,24-29,35H,1-6,11-12,16-17,34H2,(H,36,38)/t24-,25-,26+,27-,28?,29-/m0/s1. The Bertz CT molecular complexity index is 1370. The summed E-state index contributed by atoms with van der Waals surface area (Å²) < 4.78 is 69.4. The largest absolute Gasteiger partial charge is 0.351 e. The smallest absolute Gasteiger partial charge is 0.238 e. The van der Waals surface area contributed by atoms with E-state index in [9.17, 15) is 26.4 Å². The van der Waals surface area contributed by atoms with Gasteiger partial charge in [-0.15, -0.1) is 0 Å². The van der Waals surface area contributed by atoms with Crippen molar-refractivity contribution in [2.24, 2.45) is 11.7 Å². The van der Waals surface area contributed by atoms with Gasteiger partial charge in [-0.05, 0) is 73.4 Å². The molecule has 7 nitrogen and oxygen atoms in total. The number of hydrogen-bond donors (Lipinski definition) is 3. The molecule has 2 aromatic carbocycles. The van der Waals surface area contributed by atoms with Crippen molar-refractivity contribution in [2.75, 3.05) is 18.8 Å². The van der Waals surface area contributed by atoms with Crippen LogP contribution in [0, 0.1) is 23.4 Å². The summed E-state index contributed by atoms with van der Waals surface area (Å²) in [6.07, 6.45) is 4.32. The summed E-state index contributed by atoms with van der Waals surface area (Å²) in [5, 5.41) is 6.52. The van der Waals surface area contributed by atoms with Crippen molar-refractivity contribution in [3.63, 3.8) is 0 Å². The SMILES string of the molecule is C=C(C[C@H]1CN[C@H]2CCCS(=O)(=O)N1C2)[C@H]1CCC[C@@H]1NC(=O)[C@@H](N)C(c1ccc(F)cc1)c1cc(F)cc(F)c1. The Hall–Kier alpha value is -2.73. The lowest BCUT2D eigenvalue weighted by molar-refractivity contribution is -0.123. The summed E-state index contributed by atoms with van der Waals surface area (Å²) in [7, 11) is -3.34. The highest BCUT2D eigenvalue weighted by atomic mass is 32.2. The summed E-state index contributed by atoms with van der Waals surface area (Å²) in [5.74, 6) is -3.42. The molecule has 222 valence electrons. The maximum atomic E-state index is 14.1. The molecule has 1 aliphatic carbocycles. The van der Waals surface area contributed by atoms with Gasteiger partial charge in [-0.25, -0.2) is 21.6 Å². The molecule has 4 N–H and O–H groups in total. The van der Waals surface area contributed by atoms with Gasteiger partial charge < -0.3 is 16.4 Å². The van der Waals surface area contributed by atoms with E-state index < -0.39 is 45.3 Å². The van der Waals surface area contributed by atoms with Crippen molar-refractivity contribution in [3.8, 4) is 0 Å². The number of carbonyl (C=O) groups excluding carboxylic acids is 1. The highest BCUT2D eigenvalue weighted by molar-refractivity contribution is 7.89. The van der Waals surface area contributed by atoms with Crippen molar-refractivity contribution < 1.29 is 26.4 Å². The zero-order valence-electron chi connectivity index (χ0n) is 22.9. The number of hydrogen-bond acceptors (Lipinski definition) is 5. The number of halogens is 3. The van der Waals surface area contributed by atoms with Crippen LogP contribution in [0.25, 0.3) is 0 Å². The number of nitrogens with zero attached hydrogens (tertiary/aromatic N) is 1. The highest BCUT2D eigenvalue weighted by Gasteiger charge is 2.40. The molecule has 2 aliphatic heterocycles. The molecule has 7 atom stereocenters. The van der Waals surface area contributed by atoms with E-state index in [4.69, 9.17) is 5.73 Å². The van der Waals surface area contributed by atoms with Crippen LogP contribution < -0.4 is 16.4 Å². The second kappa shape index (κ2) is 12.2. The Labute approximate surface area is 239 Å². The topological polar surface area (TPSA) is 105 Å². The summed E-state index contributed by atoms with van der Waals surface area (Å²) in [5.41, 5.74) is 7.97. The number of amides is 1. The highest BCUT2D eigenvalue weighted by Crippen LogP contribution is 2.36. The second-order valence-corrected chi connectivity index (χ2v) is 13.6. The van der Waals surface area contributed by atoms with Crippen LogP contribution in [0.3, 0.4) is 0 Å². The lowest BCUT2D eigenvalue weighted by atomic mass is 9.84. The van der Waals surface area contributed by atoms with Gasteiger partial charge in [0.2, 0.25) is 15.9 Å². The van der Waals surface area contributed by atoms with Crippen LogP contribution in [-0.2, 0) is 14.8 Å². The fourth-order valence-corrected chi connectivity index (χ4v) is 8.49. The molecule has 5 rings (SSSR count). The van der Waals surface area contributed by atoms with Crippen LogP contribution in [0.5, 0.6) is 0 Å². The van der Waals surface area contributed by atoms with E-state index in [0.717, 1.165) is 43.0 Å². The lowest BCUT2D eigenvalue weighted by Gasteiger charge is -2.39. The third-order valence-electron chi connectivity index (χ3n) is 8.76. The molecule has 11 heteroatoms. The van der Waals surface area contributed by atoms with E-state index in [-0.39, 0.29) is 35.4 Å². The number of sulfonamides is 1. The first-order chi connectivity index (χ1) is 19.5.